The normalized spacial score (nSPS) is 10.3. The second kappa shape index (κ2) is 4.84. The first-order valence-corrected chi connectivity index (χ1v) is 5.70. The summed E-state index contributed by atoms with van der Waals surface area (Å²) in [5.74, 6) is -1.04. The molecule has 0 aliphatic heterocycles. The molecule has 0 aliphatic carbocycles. The van der Waals surface area contributed by atoms with Crippen LogP contribution in [0.5, 0.6) is 0 Å². The zero-order valence-electron chi connectivity index (χ0n) is 9.02. The van der Waals surface area contributed by atoms with Gasteiger partial charge in [-0.1, -0.05) is 23.2 Å². The van der Waals surface area contributed by atoms with Crippen molar-refractivity contribution in [3.8, 4) is 11.1 Å². The Morgan fingerprint density at radius 3 is 2.56 bits per heavy atom. The second-order valence-corrected chi connectivity index (χ2v) is 4.41. The van der Waals surface area contributed by atoms with Crippen molar-refractivity contribution in [3.63, 3.8) is 0 Å². The smallest absolute Gasteiger partial charge is 0.355 e. The van der Waals surface area contributed by atoms with Crippen LogP contribution in [0.3, 0.4) is 0 Å². The van der Waals surface area contributed by atoms with Gasteiger partial charge in [0.15, 0.2) is 5.69 Å². The standard InChI is InChI=1S/C12H8Cl2N2O2/c13-6-1-3-9(14)8(5-6)7-2-4-10(15)16-11(7)12(17)18/h1-5H,(H2,15,16)(H,17,18). The second-order valence-electron chi connectivity index (χ2n) is 3.56. The largest absolute Gasteiger partial charge is 0.476 e. The molecule has 2 aromatic rings. The molecule has 0 saturated heterocycles. The van der Waals surface area contributed by atoms with Gasteiger partial charge in [0.2, 0.25) is 0 Å². The van der Waals surface area contributed by atoms with Crippen molar-refractivity contribution in [1.82, 2.24) is 4.98 Å². The third-order valence-corrected chi connectivity index (χ3v) is 2.90. The number of hydrogen-bond acceptors (Lipinski definition) is 3. The molecule has 0 radical (unpaired) electrons. The predicted molar refractivity (Wildman–Crippen MR) is 71.1 cm³/mol. The van der Waals surface area contributed by atoms with Gasteiger partial charge in [-0.3, -0.25) is 0 Å². The molecule has 0 atom stereocenters. The van der Waals surface area contributed by atoms with Crippen molar-refractivity contribution in [3.05, 3.63) is 46.1 Å². The maximum atomic E-state index is 11.1. The van der Waals surface area contributed by atoms with Crippen molar-refractivity contribution in [2.45, 2.75) is 0 Å². The van der Waals surface area contributed by atoms with E-state index >= 15 is 0 Å². The molecule has 1 heterocycles. The number of carboxylic acids is 1. The third-order valence-electron chi connectivity index (χ3n) is 2.34. The summed E-state index contributed by atoms with van der Waals surface area (Å²) in [4.78, 5) is 14.9. The van der Waals surface area contributed by atoms with E-state index in [9.17, 15) is 4.79 Å². The summed E-state index contributed by atoms with van der Waals surface area (Å²) >= 11 is 11.9. The summed E-state index contributed by atoms with van der Waals surface area (Å²) < 4.78 is 0. The van der Waals surface area contributed by atoms with Crippen molar-refractivity contribution >= 4 is 35.0 Å². The van der Waals surface area contributed by atoms with Crippen LogP contribution in [-0.2, 0) is 0 Å². The highest BCUT2D eigenvalue weighted by molar-refractivity contribution is 6.35. The molecule has 1 aromatic heterocycles. The maximum Gasteiger partial charge on any atom is 0.355 e. The molecule has 6 heteroatoms. The number of anilines is 1. The summed E-state index contributed by atoms with van der Waals surface area (Å²) in [5.41, 5.74) is 6.21. The van der Waals surface area contributed by atoms with E-state index in [4.69, 9.17) is 34.0 Å². The molecule has 1 aromatic carbocycles. The van der Waals surface area contributed by atoms with Gasteiger partial charge in [-0.15, -0.1) is 0 Å². The lowest BCUT2D eigenvalue weighted by Crippen LogP contribution is -2.05. The van der Waals surface area contributed by atoms with E-state index in [0.29, 0.717) is 21.2 Å². The van der Waals surface area contributed by atoms with Gasteiger partial charge in [0.05, 0.1) is 0 Å². The Hall–Kier alpha value is -1.78. The van der Waals surface area contributed by atoms with Crippen LogP contribution in [0.2, 0.25) is 10.0 Å². The topological polar surface area (TPSA) is 76.2 Å². The molecular formula is C12H8Cl2N2O2. The van der Waals surface area contributed by atoms with Gasteiger partial charge in [0.1, 0.15) is 5.82 Å². The van der Waals surface area contributed by atoms with Gasteiger partial charge in [-0.2, -0.15) is 0 Å². The fourth-order valence-corrected chi connectivity index (χ4v) is 1.95. The highest BCUT2D eigenvalue weighted by Crippen LogP contribution is 2.32. The maximum absolute atomic E-state index is 11.1. The van der Waals surface area contributed by atoms with Crippen LogP contribution in [0.25, 0.3) is 11.1 Å². The summed E-state index contributed by atoms with van der Waals surface area (Å²) in [5, 5.41) is 9.97. The fraction of sp³-hybridized carbons (Fsp3) is 0. The van der Waals surface area contributed by atoms with Crippen LogP contribution < -0.4 is 5.73 Å². The molecule has 0 saturated carbocycles. The molecule has 4 nitrogen and oxygen atoms in total. The minimum Gasteiger partial charge on any atom is -0.476 e. The SMILES string of the molecule is Nc1ccc(-c2cc(Cl)ccc2Cl)c(C(=O)O)n1. The monoisotopic (exact) mass is 282 g/mol. The first kappa shape index (κ1) is 12.7. The third kappa shape index (κ3) is 2.39. The highest BCUT2D eigenvalue weighted by atomic mass is 35.5. The predicted octanol–water partition coefficient (Wildman–Crippen LogP) is 3.34. The molecule has 0 amide bonds. The molecule has 0 aliphatic rings. The van der Waals surface area contributed by atoms with Gasteiger partial charge >= 0.3 is 5.97 Å². The Morgan fingerprint density at radius 1 is 1.17 bits per heavy atom. The van der Waals surface area contributed by atoms with E-state index in [2.05, 4.69) is 4.98 Å². The summed E-state index contributed by atoms with van der Waals surface area (Å²) in [7, 11) is 0. The van der Waals surface area contributed by atoms with Crippen LogP contribution in [0.4, 0.5) is 5.82 Å². The average molecular weight is 283 g/mol. The van der Waals surface area contributed by atoms with Gasteiger partial charge in [0.25, 0.3) is 0 Å². The molecule has 2 rings (SSSR count). The first-order valence-electron chi connectivity index (χ1n) is 4.94. The number of carboxylic acid groups (broad SMARTS) is 1. The molecule has 0 spiro atoms. The summed E-state index contributed by atoms with van der Waals surface area (Å²) in [6.07, 6.45) is 0. The Bertz CT molecular complexity index is 629. The van der Waals surface area contributed by atoms with Crippen molar-refractivity contribution < 1.29 is 9.90 Å². The van der Waals surface area contributed by atoms with Crippen LogP contribution in [-0.4, -0.2) is 16.1 Å². The van der Waals surface area contributed by atoms with E-state index in [1.807, 2.05) is 0 Å². The number of nitrogens with two attached hydrogens (primary N) is 1. The Morgan fingerprint density at radius 2 is 1.89 bits per heavy atom. The van der Waals surface area contributed by atoms with E-state index in [-0.39, 0.29) is 11.5 Å². The zero-order chi connectivity index (χ0) is 13.3. The van der Waals surface area contributed by atoms with E-state index in [1.165, 1.54) is 6.07 Å². The molecule has 0 bridgehead atoms. The Kier molecular flexibility index (Phi) is 3.41. The number of carbonyl (C=O) groups is 1. The van der Waals surface area contributed by atoms with Crippen molar-refractivity contribution in [1.29, 1.82) is 0 Å². The quantitative estimate of drug-likeness (QED) is 0.886. The van der Waals surface area contributed by atoms with Gasteiger partial charge in [-0.05, 0) is 30.3 Å². The lowest BCUT2D eigenvalue weighted by atomic mass is 10.0. The van der Waals surface area contributed by atoms with Gasteiger partial charge < -0.3 is 10.8 Å². The first-order chi connectivity index (χ1) is 8.49. The van der Waals surface area contributed by atoms with Crippen LogP contribution in [0.1, 0.15) is 10.5 Å². The number of nitrogens with zero attached hydrogens (tertiary/aromatic N) is 1. The van der Waals surface area contributed by atoms with Crippen LogP contribution >= 0.6 is 23.2 Å². The van der Waals surface area contributed by atoms with Crippen molar-refractivity contribution in [2.24, 2.45) is 0 Å². The summed E-state index contributed by atoms with van der Waals surface area (Å²) in [6, 6.07) is 7.88. The van der Waals surface area contributed by atoms with E-state index < -0.39 is 5.97 Å². The fourth-order valence-electron chi connectivity index (χ4n) is 1.56. The minimum absolute atomic E-state index is 0.134. The van der Waals surface area contributed by atoms with Crippen LogP contribution in [0, 0.1) is 0 Å². The molecular weight excluding hydrogens is 275 g/mol. The molecule has 92 valence electrons. The number of pyridine rings is 1. The number of aromatic nitrogens is 1. The lowest BCUT2D eigenvalue weighted by Gasteiger charge is -2.08. The lowest BCUT2D eigenvalue weighted by molar-refractivity contribution is 0.0691. The number of benzene rings is 1. The Labute approximate surface area is 113 Å². The highest BCUT2D eigenvalue weighted by Gasteiger charge is 2.16. The van der Waals surface area contributed by atoms with E-state index in [0.717, 1.165) is 0 Å². The molecule has 18 heavy (non-hydrogen) atoms. The number of halogens is 2. The zero-order valence-corrected chi connectivity index (χ0v) is 10.5. The summed E-state index contributed by atoms with van der Waals surface area (Å²) in [6.45, 7) is 0. The van der Waals surface area contributed by atoms with Crippen molar-refractivity contribution in [2.75, 3.05) is 5.73 Å². The molecule has 0 unspecified atom stereocenters. The van der Waals surface area contributed by atoms with E-state index in [1.54, 1.807) is 24.3 Å². The average Bonchev–Trinajstić information content (AvgIpc) is 2.32. The van der Waals surface area contributed by atoms with Gasteiger partial charge in [0, 0.05) is 21.2 Å². The molecule has 0 fully saturated rings. The van der Waals surface area contributed by atoms with Crippen LogP contribution in [0.15, 0.2) is 30.3 Å². The molecule has 3 N–H and O–H groups in total. The van der Waals surface area contributed by atoms with Gasteiger partial charge in [-0.25, -0.2) is 9.78 Å². The Balaban J connectivity index is 2.70. The minimum atomic E-state index is -1.17. The number of hydrogen-bond donors (Lipinski definition) is 2. The number of aromatic carboxylic acids is 1. The number of nitrogen functional groups attached to an aromatic ring is 1. The number of rotatable bonds is 2.